The molecular formula is C32H37IN2O5. The summed E-state index contributed by atoms with van der Waals surface area (Å²) in [4.78, 5) is 24.5. The van der Waals surface area contributed by atoms with Crippen molar-refractivity contribution in [2.45, 2.75) is 51.7 Å². The molecule has 0 saturated heterocycles. The molecule has 0 amide bonds. The minimum Gasteiger partial charge on any atom is -1.00 e. The van der Waals surface area contributed by atoms with Crippen molar-refractivity contribution in [3.63, 3.8) is 0 Å². The first-order valence-electron chi connectivity index (χ1n) is 13.6. The van der Waals surface area contributed by atoms with Crippen LogP contribution in [0.1, 0.15) is 64.9 Å². The zero-order valence-corrected chi connectivity index (χ0v) is 25.3. The first-order chi connectivity index (χ1) is 19.0. The number of methoxy groups -OCH3 is 1. The van der Waals surface area contributed by atoms with Gasteiger partial charge in [0.1, 0.15) is 25.1 Å². The zero-order valence-electron chi connectivity index (χ0n) is 23.2. The predicted octanol–water partition coefficient (Wildman–Crippen LogP) is 3.03. The highest BCUT2D eigenvalue weighted by molar-refractivity contribution is 5.96. The second-order valence-electron chi connectivity index (χ2n) is 9.68. The van der Waals surface area contributed by atoms with Gasteiger partial charge in [-0.1, -0.05) is 56.0 Å². The van der Waals surface area contributed by atoms with Crippen LogP contribution in [0.3, 0.4) is 0 Å². The van der Waals surface area contributed by atoms with E-state index in [1.807, 2.05) is 83.2 Å². The van der Waals surface area contributed by atoms with Gasteiger partial charge in [0.05, 0.1) is 19.3 Å². The molecule has 40 heavy (non-hydrogen) atoms. The van der Waals surface area contributed by atoms with Crippen LogP contribution in [-0.2, 0) is 29.7 Å². The summed E-state index contributed by atoms with van der Waals surface area (Å²) in [5.41, 5.74) is 3.24. The maximum absolute atomic E-state index is 12.5. The molecular weight excluding hydrogens is 619 g/mol. The van der Waals surface area contributed by atoms with Gasteiger partial charge in [0.25, 0.3) is 0 Å². The number of esters is 2. The SMILES string of the molecule is COC(=O)c1cc2cc(OCc3ccccc3)ccc2n1CCCCCCCCOC(=O)c1cc[n+](C)cc1.[I-]. The van der Waals surface area contributed by atoms with E-state index in [4.69, 9.17) is 14.2 Å². The van der Waals surface area contributed by atoms with Crippen molar-refractivity contribution in [2.24, 2.45) is 7.05 Å². The molecule has 0 radical (unpaired) electrons. The van der Waals surface area contributed by atoms with Crippen LogP contribution in [0.15, 0.2) is 79.1 Å². The average Bonchev–Trinajstić information content (AvgIpc) is 3.33. The van der Waals surface area contributed by atoms with Crippen LogP contribution in [-0.4, -0.2) is 30.2 Å². The molecule has 0 spiro atoms. The lowest BCUT2D eigenvalue weighted by Crippen LogP contribution is -3.00. The molecule has 0 aliphatic carbocycles. The first kappa shape index (κ1) is 31.1. The summed E-state index contributed by atoms with van der Waals surface area (Å²) in [7, 11) is 3.32. The summed E-state index contributed by atoms with van der Waals surface area (Å²) in [6, 6.07) is 21.4. The van der Waals surface area contributed by atoms with Crippen LogP contribution >= 0.6 is 0 Å². The Morgan fingerprint density at radius 3 is 2.25 bits per heavy atom. The molecule has 0 saturated carbocycles. The summed E-state index contributed by atoms with van der Waals surface area (Å²) in [5.74, 6) is 0.159. The molecule has 0 aliphatic rings. The average molecular weight is 657 g/mol. The van der Waals surface area contributed by atoms with Crippen molar-refractivity contribution in [2.75, 3.05) is 13.7 Å². The lowest BCUT2D eigenvalue weighted by atomic mass is 10.1. The van der Waals surface area contributed by atoms with Gasteiger partial charge in [0.2, 0.25) is 0 Å². The summed E-state index contributed by atoms with van der Waals surface area (Å²) in [6.07, 6.45) is 9.73. The molecule has 2 aromatic carbocycles. The van der Waals surface area contributed by atoms with Gasteiger partial charge in [-0.3, -0.25) is 0 Å². The molecule has 212 valence electrons. The Morgan fingerprint density at radius 2 is 1.52 bits per heavy atom. The van der Waals surface area contributed by atoms with Gasteiger partial charge in [-0.2, -0.15) is 0 Å². The number of unbranched alkanes of at least 4 members (excludes halogenated alkanes) is 5. The van der Waals surface area contributed by atoms with Crippen molar-refractivity contribution >= 4 is 22.8 Å². The number of aryl methyl sites for hydroxylation is 2. The number of hydrogen-bond donors (Lipinski definition) is 0. The molecule has 0 aliphatic heterocycles. The van der Waals surface area contributed by atoms with E-state index in [-0.39, 0.29) is 35.9 Å². The Balaban J connectivity index is 0.00000441. The van der Waals surface area contributed by atoms with E-state index in [2.05, 4.69) is 0 Å². The fraction of sp³-hybridized carbons (Fsp3) is 0.344. The van der Waals surface area contributed by atoms with Gasteiger partial charge in [-0.15, -0.1) is 0 Å². The monoisotopic (exact) mass is 656 g/mol. The van der Waals surface area contributed by atoms with Crippen LogP contribution in [0.2, 0.25) is 0 Å². The minimum atomic E-state index is -0.336. The Labute approximate surface area is 253 Å². The highest BCUT2D eigenvalue weighted by Crippen LogP contribution is 2.26. The van der Waals surface area contributed by atoms with Crippen molar-refractivity contribution < 1.29 is 52.3 Å². The normalized spacial score (nSPS) is 10.7. The largest absolute Gasteiger partial charge is 1.00 e. The van der Waals surface area contributed by atoms with Gasteiger partial charge in [-0.05, 0) is 42.7 Å². The number of pyridine rings is 1. The van der Waals surface area contributed by atoms with Gasteiger partial charge in [-0.25, -0.2) is 14.2 Å². The number of carbonyl (C=O) groups excluding carboxylic acids is 2. The number of benzene rings is 2. The Morgan fingerprint density at radius 1 is 0.825 bits per heavy atom. The van der Waals surface area contributed by atoms with Gasteiger partial charge >= 0.3 is 11.9 Å². The van der Waals surface area contributed by atoms with Crippen molar-refractivity contribution in [3.8, 4) is 5.75 Å². The molecule has 4 rings (SSSR count). The molecule has 4 aromatic rings. The van der Waals surface area contributed by atoms with Crippen LogP contribution in [0.4, 0.5) is 0 Å². The van der Waals surface area contributed by atoms with E-state index >= 15 is 0 Å². The van der Waals surface area contributed by atoms with Gasteiger partial charge in [0, 0.05) is 29.6 Å². The van der Waals surface area contributed by atoms with E-state index in [0.717, 1.165) is 67.3 Å². The van der Waals surface area contributed by atoms with E-state index < -0.39 is 0 Å². The van der Waals surface area contributed by atoms with Crippen molar-refractivity contribution in [1.29, 1.82) is 0 Å². The predicted molar refractivity (Wildman–Crippen MR) is 150 cm³/mol. The smallest absolute Gasteiger partial charge is 0.354 e. The molecule has 0 unspecified atom stereocenters. The third-order valence-corrected chi connectivity index (χ3v) is 6.74. The van der Waals surface area contributed by atoms with E-state index in [1.165, 1.54) is 7.11 Å². The van der Waals surface area contributed by atoms with Crippen molar-refractivity contribution in [1.82, 2.24) is 4.57 Å². The second kappa shape index (κ2) is 16.0. The topological polar surface area (TPSA) is 70.6 Å². The fourth-order valence-electron chi connectivity index (χ4n) is 4.56. The zero-order chi connectivity index (χ0) is 27.5. The maximum Gasteiger partial charge on any atom is 0.354 e. The third kappa shape index (κ3) is 8.81. The Bertz CT molecular complexity index is 1370. The van der Waals surface area contributed by atoms with Crippen LogP contribution < -0.4 is 33.3 Å². The first-order valence-corrected chi connectivity index (χ1v) is 13.6. The van der Waals surface area contributed by atoms with Gasteiger partial charge < -0.3 is 42.8 Å². The Hall–Kier alpha value is -3.40. The van der Waals surface area contributed by atoms with Crippen LogP contribution in [0.5, 0.6) is 5.75 Å². The quantitative estimate of drug-likeness (QED) is 0.0904. The number of nitrogens with zero attached hydrogens (tertiary/aromatic N) is 2. The van der Waals surface area contributed by atoms with E-state index in [0.29, 0.717) is 24.5 Å². The summed E-state index contributed by atoms with van der Waals surface area (Å²) < 4.78 is 20.3. The molecule has 2 heterocycles. The third-order valence-electron chi connectivity index (χ3n) is 6.74. The highest BCUT2D eigenvalue weighted by atomic mass is 127. The standard InChI is InChI=1S/C32H37N2O5.HI/c1-33-19-16-26(17-20-33)31(35)38-21-11-6-4-3-5-10-18-34-29-15-14-28(39-24-25-12-8-7-9-13-25)22-27(29)23-30(34)32(36)37-2;/h7-9,12-17,19-20,22-23H,3-6,10-11,18,21,24H2,1-2H3;1H/q+1;/p-1. The minimum absolute atomic E-state index is 0. The summed E-state index contributed by atoms with van der Waals surface area (Å²) >= 11 is 0. The molecule has 0 atom stereocenters. The van der Waals surface area contributed by atoms with E-state index in [1.54, 1.807) is 12.1 Å². The molecule has 0 N–H and O–H groups in total. The second-order valence-corrected chi connectivity index (χ2v) is 9.68. The van der Waals surface area contributed by atoms with E-state index in [9.17, 15) is 9.59 Å². The number of carbonyl (C=O) groups is 2. The number of hydrogen-bond acceptors (Lipinski definition) is 5. The molecule has 8 heteroatoms. The molecule has 2 aromatic heterocycles. The molecule has 7 nitrogen and oxygen atoms in total. The lowest BCUT2D eigenvalue weighted by molar-refractivity contribution is -0.671. The lowest BCUT2D eigenvalue weighted by Gasteiger charge is -2.10. The van der Waals surface area contributed by atoms with Crippen molar-refractivity contribution in [3.05, 3.63) is 95.9 Å². The number of aromatic nitrogens is 2. The fourth-order valence-corrected chi connectivity index (χ4v) is 4.56. The van der Waals surface area contributed by atoms with Gasteiger partial charge in [0.15, 0.2) is 12.4 Å². The Kier molecular flexibility index (Phi) is 12.5. The van der Waals surface area contributed by atoms with Crippen LogP contribution in [0.25, 0.3) is 10.9 Å². The maximum atomic E-state index is 12.5. The number of fused-ring (bicyclic) bond motifs is 1. The summed E-state index contributed by atoms with van der Waals surface area (Å²) in [5, 5.41) is 0.958. The van der Waals surface area contributed by atoms with Crippen LogP contribution in [0, 0.1) is 0 Å². The highest BCUT2D eigenvalue weighted by Gasteiger charge is 2.16. The number of rotatable bonds is 14. The summed E-state index contributed by atoms with van der Waals surface area (Å²) in [6.45, 7) is 1.67. The number of halogens is 1. The molecule has 0 bridgehead atoms. The number of ether oxygens (including phenoxy) is 3. The molecule has 0 fully saturated rings.